The van der Waals surface area contributed by atoms with Gasteiger partial charge in [0.05, 0.1) is 13.2 Å². The second kappa shape index (κ2) is 8.45. The molecule has 0 aromatic carbocycles. The molecular weight excluding hydrogens is 164 g/mol. The number of aliphatic hydroxyl groups excluding tert-OH is 1. The van der Waals surface area contributed by atoms with E-state index < -0.39 is 5.97 Å². The lowest BCUT2D eigenvalue weighted by molar-refractivity contribution is -0.142. The molecule has 0 saturated carbocycles. The number of hydrogen-bond acceptors (Lipinski definition) is 4. The predicted molar refractivity (Wildman–Crippen MR) is 41.0 cm³/mol. The Balaban J connectivity index is 2.86. The van der Waals surface area contributed by atoms with Crippen LogP contribution >= 0.6 is 0 Å². The first-order valence-electron chi connectivity index (χ1n) is 3.75. The summed E-state index contributed by atoms with van der Waals surface area (Å²) in [6.07, 6.45) is 0.646. The van der Waals surface area contributed by atoms with Gasteiger partial charge in [-0.25, -0.2) is 4.79 Å². The normalized spacial score (nSPS) is 10.1. The molecule has 2 N–H and O–H groups in total. The average molecular weight is 178 g/mol. The molecule has 0 amide bonds. The van der Waals surface area contributed by atoms with Crippen LogP contribution in [-0.2, 0) is 14.3 Å². The van der Waals surface area contributed by atoms with Crippen LogP contribution in [-0.4, -0.2) is 49.2 Å². The molecule has 0 aromatic rings. The van der Waals surface area contributed by atoms with Crippen molar-refractivity contribution in [3.05, 3.63) is 0 Å². The van der Waals surface area contributed by atoms with E-state index in [1.807, 2.05) is 0 Å². The van der Waals surface area contributed by atoms with Gasteiger partial charge in [-0.2, -0.15) is 0 Å². The van der Waals surface area contributed by atoms with E-state index in [-0.39, 0.29) is 13.2 Å². The fourth-order valence-electron chi connectivity index (χ4n) is 0.589. The molecule has 0 aliphatic carbocycles. The van der Waals surface area contributed by atoms with E-state index in [1.54, 1.807) is 0 Å². The standard InChI is InChI=1S/C7H14O5/c8-2-5-11-3-1-4-12-6-7(9)10/h8H,1-6H2,(H,9,10). The van der Waals surface area contributed by atoms with Gasteiger partial charge in [-0.05, 0) is 6.42 Å². The van der Waals surface area contributed by atoms with Crippen molar-refractivity contribution < 1.29 is 24.5 Å². The van der Waals surface area contributed by atoms with E-state index in [4.69, 9.17) is 19.7 Å². The van der Waals surface area contributed by atoms with Gasteiger partial charge in [0, 0.05) is 13.2 Å². The SMILES string of the molecule is O=C(O)COCCCOCCO. The molecule has 0 heterocycles. The largest absolute Gasteiger partial charge is 0.480 e. The molecular formula is C7H14O5. The highest BCUT2D eigenvalue weighted by Crippen LogP contribution is 1.84. The first kappa shape index (κ1) is 11.4. The summed E-state index contributed by atoms with van der Waals surface area (Å²) in [7, 11) is 0. The molecule has 0 aromatic heterocycles. The minimum atomic E-state index is -0.966. The zero-order valence-electron chi connectivity index (χ0n) is 6.86. The summed E-state index contributed by atoms with van der Waals surface area (Å²) in [5.41, 5.74) is 0. The van der Waals surface area contributed by atoms with Gasteiger partial charge in [0.2, 0.25) is 0 Å². The van der Waals surface area contributed by atoms with Crippen molar-refractivity contribution in [3.63, 3.8) is 0 Å². The number of carboxylic acids is 1. The third kappa shape index (κ3) is 9.35. The first-order valence-corrected chi connectivity index (χ1v) is 3.75. The second-order valence-electron chi connectivity index (χ2n) is 2.14. The smallest absolute Gasteiger partial charge is 0.329 e. The zero-order chi connectivity index (χ0) is 9.23. The number of aliphatic carboxylic acids is 1. The van der Waals surface area contributed by atoms with Crippen LogP contribution in [0.5, 0.6) is 0 Å². The number of carbonyl (C=O) groups is 1. The van der Waals surface area contributed by atoms with Crippen LogP contribution in [0.15, 0.2) is 0 Å². The zero-order valence-corrected chi connectivity index (χ0v) is 6.86. The third-order valence-electron chi connectivity index (χ3n) is 1.04. The van der Waals surface area contributed by atoms with Crippen LogP contribution < -0.4 is 0 Å². The minimum Gasteiger partial charge on any atom is -0.480 e. The molecule has 12 heavy (non-hydrogen) atoms. The monoisotopic (exact) mass is 178 g/mol. The summed E-state index contributed by atoms with van der Waals surface area (Å²) < 4.78 is 9.65. The van der Waals surface area contributed by atoms with E-state index in [0.29, 0.717) is 26.2 Å². The Kier molecular flexibility index (Phi) is 7.99. The van der Waals surface area contributed by atoms with Crippen molar-refractivity contribution >= 4 is 5.97 Å². The molecule has 72 valence electrons. The Hall–Kier alpha value is -0.650. The Bertz CT molecular complexity index is 114. The maximum Gasteiger partial charge on any atom is 0.329 e. The Labute approximate surface area is 70.9 Å². The van der Waals surface area contributed by atoms with Gasteiger partial charge < -0.3 is 19.7 Å². The van der Waals surface area contributed by atoms with Crippen LogP contribution in [0, 0.1) is 0 Å². The van der Waals surface area contributed by atoms with Crippen molar-refractivity contribution in [1.82, 2.24) is 0 Å². The molecule has 0 atom stereocenters. The van der Waals surface area contributed by atoms with Gasteiger partial charge in [0.1, 0.15) is 6.61 Å². The van der Waals surface area contributed by atoms with Crippen LogP contribution in [0.25, 0.3) is 0 Å². The molecule has 5 nitrogen and oxygen atoms in total. The Morgan fingerprint density at radius 2 is 1.83 bits per heavy atom. The van der Waals surface area contributed by atoms with E-state index in [0.717, 1.165) is 0 Å². The van der Waals surface area contributed by atoms with Crippen molar-refractivity contribution in [3.8, 4) is 0 Å². The van der Waals surface area contributed by atoms with Gasteiger partial charge in [0.15, 0.2) is 0 Å². The summed E-state index contributed by atoms with van der Waals surface area (Å²) in [6.45, 7) is 0.923. The Morgan fingerprint density at radius 1 is 1.17 bits per heavy atom. The summed E-state index contributed by atoms with van der Waals surface area (Å²) in [4.78, 5) is 9.95. The summed E-state index contributed by atoms with van der Waals surface area (Å²) in [6, 6.07) is 0. The van der Waals surface area contributed by atoms with Gasteiger partial charge in [0.25, 0.3) is 0 Å². The third-order valence-corrected chi connectivity index (χ3v) is 1.04. The van der Waals surface area contributed by atoms with E-state index in [2.05, 4.69) is 0 Å². The molecule has 0 rings (SSSR count). The van der Waals surface area contributed by atoms with Gasteiger partial charge in [-0.1, -0.05) is 0 Å². The van der Waals surface area contributed by atoms with Gasteiger partial charge in [-0.3, -0.25) is 0 Å². The highest BCUT2D eigenvalue weighted by Gasteiger charge is 1.95. The molecule has 0 spiro atoms. The van der Waals surface area contributed by atoms with Gasteiger partial charge in [-0.15, -0.1) is 0 Å². The number of aliphatic hydroxyl groups is 1. The molecule has 0 fully saturated rings. The van der Waals surface area contributed by atoms with Crippen LogP contribution in [0.2, 0.25) is 0 Å². The molecule has 0 aliphatic heterocycles. The first-order chi connectivity index (χ1) is 5.77. The fourth-order valence-corrected chi connectivity index (χ4v) is 0.589. The molecule has 5 heteroatoms. The second-order valence-corrected chi connectivity index (χ2v) is 2.14. The quantitative estimate of drug-likeness (QED) is 0.489. The lowest BCUT2D eigenvalue weighted by atomic mass is 10.5. The van der Waals surface area contributed by atoms with Crippen LogP contribution in [0.3, 0.4) is 0 Å². The lowest BCUT2D eigenvalue weighted by Crippen LogP contribution is -2.09. The number of ether oxygens (including phenoxy) is 2. The summed E-state index contributed by atoms with van der Waals surface area (Å²) >= 11 is 0. The van der Waals surface area contributed by atoms with Gasteiger partial charge >= 0.3 is 5.97 Å². The predicted octanol–water partition coefficient (Wildman–Crippen LogP) is -0.513. The fraction of sp³-hybridized carbons (Fsp3) is 0.857. The van der Waals surface area contributed by atoms with Crippen molar-refractivity contribution in [2.24, 2.45) is 0 Å². The average Bonchev–Trinajstić information content (AvgIpc) is 2.02. The molecule has 0 saturated heterocycles. The van der Waals surface area contributed by atoms with Crippen LogP contribution in [0.1, 0.15) is 6.42 Å². The lowest BCUT2D eigenvalue weighted by Gasteiger charge is -2.01. The molecule has 0 radical (unpaired) electrons. The Morgan fingerprint density at radius 3 is 2.42 bits per heavy atom. The molecule has 0 bridgehead atoms. The molecule has 0 unspecified atom stereocenters. The summed E-state index contributed by atoms with van der Waals surface area (Å²) in [5.74, 6) is -0.966. The van der Waals surface area contributed by atoms with Crippen molar-refractivity contribution in [1.29, 1.82) is 0 Å². The van der Waals surface area contributed by atoms with Crippen LogP contribution in [0.4, 0.5) is 0 Å². The highest BCUT2D eigenvalue weighted by atomic mass is 16.5. The topological polar surface area (TPSA) is 76.0 Å². The van der Waals surface area contributed by atoms with E-state index in [9.17, 15) is 4.79 Å². The minimum absolute atomic E-state index is 0.00990. The maximum atomic E-state index is 9.95. The number of rotatable bonds is 8. The maximum absolute atomic E-state index is 9.95. The van der Waals surface area contributed by atoms with E-state index in [1.165, 1.54) is 0 Å². The summed E-state index contributed by atoms with van der Waals surface area (Å²) in [5, 5.41) is 16.5. The van der Waals surface area contributed by atoms with Crippen molar-refractivity contribution in [2.75, 3.05) is 33.0 Å². The number of hydrogen-bond donors (Lipinski definition) is 2. The van der Waals surface area contributed by atoms with Crippen molar-refractivity contribution in [2.45, 2.75) is 6.42 Å². The number of carboxylic acid groups (broad SMARTS) is 1. The van der Waals surface area contributed by atoms with E-state index >= 15 is 0 Å². The highest BCUT2D eigenvalue weighted by molar-refractivity contribution is 5.67. The molecule has 0 aliphatic rings.